The lowest BCUT2D eigenvalue weighted by Crippen LogP contribution is -2.37. The van der Waals surface area contributed by atoms with E-state index in [4.69, 9.17) is 5.26 Å². The molecule has 1 unspecified atom stereocenters. The van der Waals surface area contributed by atoms with Crippen molar-refractivity contribution < 1.29 is 0 Å². The van der Waals surface area contributed by atoms with Crippen molar-refractivity contribution in [2.24, 2.45) is 0 Å². The molecular weight excluding hydrogens is 172 g/mol. The Labute approximate surface area is 87.9 Å². The first-order chi connectivity index (χ1) is 6.88. The van der Waals surface area contributed by atoms with Gasteiger partial charge in [-0.15, -0.1) is 0 Å². The van der Waals surface area contributed by atoms with E-state index in [0.717, 1.165) is 6.42 Å². The molecule has 14 heavy (non-hydrogen) atoms. The van der Waals surface area contributed by atoms with Crippen molar-refractivity contribution in [1.29, 1.82) is 5.26 Å². The van der Waals surface area contributed by atoms with E-state index >= 15 is 0 Å². The van der Waals surface area contributed by atoms with Gasteiger partial charge in [0.05, 0.1) is 12.5 Å². The molecule has 0 radical (unpaired) electrons. The first-order valence-corrected chi connectivity index (χ1v) is 5.99. The normalized spacial score (nSPS) is 22.0. The zero-order valence-electron chi connectivity index (χ0n) is 9.34. The van der Waals surface area contributed by atoms with Crippen LogP contribution in [0.2, 0.25) is 0 Å². The summed E-state index contributed by atoms with van der Waals surface area (Å²) < 4.78 is 0. The van der Waals surface area contributed by atoms with Crippen molar-refractivity contribution in [2.45, 2.75) is 57.9 Å². The summed E-state index contributed by atoms with van der Waals surface area (Å²) in [6.07, 6.45) is 8.62. The summed E-state index contributed by atoms with van der Waals surface area (Å²) in [6, 6.07) is 2.82. The van der Waals surface area contributed by atoms with Gasteiger partial charge in [-0.25, -0.2) is 0 Å². The number of hydrogen-bond donors (Lipinski definition) is 0. The van der Waals surface area contributed by atoms with Crippen LogP contribution < -0.4 is 0 Å². The summed E-state index contributed by atoms with van der Waals surface area (Å²) in [6.45, 7) is 4.61. The van der Waals surface area contributed by atoms with E-state index in [1.54, 1.807) is 0 Å². The monoisotopic (exact) mass is 194 g/mol. The summed E-state index contributed by atoms with van der Waals surface area (Å²) >= 11 is 0. The second-order valence-electron chi connectivity index (χ2n) is 4.23. The average molecular weight is 194 g/mol. The molecule has 1 rings (SSSR count). The van der Waals surface area contributed by atoms with Crippen LogP contribution in [0.1, 0.15) is 51.9 Å². The molecule has 0 aromatic heterocycles. The summed E-state index contributed by atoms with van der Waals surface area (Å²) in [4.78, 5) is 2.53. The highest BCUT2D eigenvalue weighted by Gasteiger charge is 2.16. The minimum absolute atomic E-state index is 0.512. The molecule has 1 saturated heterocycles. The fourth-order valence-corrected chi connectivity index (χ4v) is 2.27. The van der Waals surface area contributed by atoms with E-state index < -0.39 is 0 Å². The van der Waals surface area contributed by atoms with E-state index in [2.05, 4.69) is 17.9 Å². The lowest BCUT2D eigenvalue weighted by molar-refractivity contribution is 0.176. The lowest BCUT2D eigenvalue weighted by Gasteiger charge is -2.31. The standard InChI is InChI=1S/C12H22N2/c1-2-12(8-9-13)14-10-6-4-3-5-7-11-14/h12H,2-8,10-11H2,1H3. The maximum atomic E-state index is 8.75. The Hall–Kier alpha value is -0.550. The van der Waals surface area contributed by atoms with E-state index in [1.807, 2.05) is 0 Å². The molecule has 2 nitrogen and oxygen atoms in total. The molecule has 0 spiro atoms. The van der Waals surface area contributed by atoms with E-state index in [1.165, 1.54) is 45.2 Å². The Morgan fingerprint density at radius 1 is 1.14 bits per heavy atom. The lowest BCUT2D eigenvalue weighted by atomic mass is 10.0. The smallest absolute Gasteiger partial charge is 0.0638 e. The number of hydrogen-bond acceptors (Lipinski definition) is 2. The molecule has 1 aliphatic rings. The van der Waals surface area contributed by atoms with Crippen molar-refractivity contribution in [1.82, 2.24) is 4.90 Å². The van der Waals surface area contributed by atoms with Gasteiger partial charge in [0, 0.05) is 6.04 Å². The van der Waals surface area contributed by atoms with Gasteiger partial charge in [0.15, 0.2) is 0 Å². The molecule has 0 bridgehead atoms. The number of likely N-dealkylation sites (tertiary alicyclic amines) is 1. The molecular formula is C12H22N2. The van der Waals surface area contributed by atoms with Gasteiger partial charge in [0.25, 0.3) is 0 Å². The maximum absolute atomic E-state index is 8.75. The molecule has 1 fully saturated rings. The Morgan fingerprint density at radius 3 is 2.21 bits per heavy atom. The molecule has 0 aromatic rings. The molecule has 80 valence electrons. The largest absolute Gasteiger partial charge is 0.299 e. The van der Waals surface area contributed by atoms with Gasteiger partial charge in [-0.1, -0.05) is 26.2 Å². The van der Waals surface area contributed by atoms with Gasteiger partial charge in [0.1, 0.15) is 0 Å². The Balaban J connectivity index is 2.40. The van der Waals surface area contributed by atoms with Gasteiger partial charge < -0.3 is 0 Å². The van der Waals surface area contributed by atoms with Crippen LogP contribution in [0.15, 0.2) is 0 Å². The predicted molar refractivity (Wildman–Crippen MR) is 59.0 cm³/mol. The molecule has 1 atom stereocenters. The average Bonchev–Trinajstić information content (AvgIpc) is 2.15. The van der Waals surface area contributed by atoms with Gasteiger partial charge in [0.2, 0.25) is 0 Å². The van der Waals surface area contributed by atoms with Gasteiger partial charge in [-0.05, 0) is 32.4 Å². The van der Waals surface area contributed by atoms with Gasteiger partial charge in [-0.3, -0.25) is 4.90 Å². The van der Waals surface area contributed by atoms with Crippen LogP contribution in [0.4, 0.5) is 0 Å². The van der Waals surface area contributed by atoms with Gasteiger partial charge >= 0.3 is 0 Å². The molecule has 1 aliphatic heterocycles. The van der Waals surface area contributed by atoms with Crippen molar-refractivity contribution in [3.63, 3.8) is 0 Å². The maximum Gasteiger partial charge on any atom is 0.0638 e. The predicted octanol–water partition coefficient (Wildman–Crippen LogP) is 2.94. The third-order valence-electron chi connectivity index (χ3n) is 3.21. The van der Waals surface area contributed by atoms with Crippen LogP contribution in [0.3, 0.4) is 0 Å². The zero-order chi connectivity index (χ0) is 10.2. The zero-order valence-corrected chi connectivity index (χ0v) is 9.34. The fraction of sp³-hybridized carbons (Fsp3) is 0.917. The molecule has 0 amide bonds. The summed E-state index contributed by atoms with van der Waals surface area (Å²) in [5.74, 6) is 0. The van der Waals surface area contributed by atoms with Crippen LogP contribution in [-0.4, -0.2) is 24.0 Å². The fourth-order valence-electron chi connectivity index (χ4n) is 2.27. The molecule has 0 saturated carbocycles. The second kappa shape index (κ2) is 6.84. The molecule has 1 heterocycles. The summed E-state index contributed by atoms with van der Waals surface area (Å²) in [5.41, 5.74) is 0. The third-order valence-corrected chi connectivity index (χ3v) is 3.21. The first-order valence-electron chi connectivity index (χ1n) is 5.99. The molecule has 2 heteroatoms. The molecule has 0 aromatic carbocycles. The highest BCUT2D eigenvalue weighted by molar-refractivity contribution is 4.82. The Morgan fingerprint density at radius 2 is 1.71 bits per heavy atom. The molecule has 0 aliphatic carbocycles. The van der Waals surface area contributed by atoms with Crippen LogP contribution >= 0.6 is 0 Å². The third kappa shape index (κ3) is 3.67. The summed E-state index contributed by atoms with van der Waals surface area (Å²) in [7, 11) is 0. The second-order valence-corrected chi connectivity index (χ2v) is 4.23. The van der Waals surface area contributed by atoms with Gasteiger partial charge in [-0.2, -0.15) is 5.26 Å². The minimum Gasteiger partial charge on any atom is -0.299 e. The van der Waals surface area contributed by atoms with E-state index in [0.29, 0.717) is 12.5 Å². The quantitative estimate of drug-likeness (QED) is 0.690. The number of nitriles is 1. The van der Waals surface area contributed by atoms with Crippen LogP contribution in [0.5, 0.6) is 0 Å². The highest BCUT2D eigenvalue weighted by Crippen LogP contribution is 2.15. The van der Waals surface area contributed by atoms with E-state index in [-0.39, 0.29) is 0 Å². The first kappa shape index (κ1) is 11.5. The van der Waals surface area contributed by atoms with Crippen LogP contribution in [0, 0.1) is 11.3 Å². The number of nitrogens with zero attached hydrogens (tertiary/aromatic N) is 2. The van der Waals surface area contributed by atoms with Crippen molar-refractivity contribution in [3.8, 4) is 6.07 Å². The topological polar surface area (TPSA) is 27.0 Å². The SMILES string of the molecule is CCC(CC#N)N1CCCCCCC1. The van der Waals surface area contributed by atoms with Crippen LogP contribution in [0.25, 0.3) is 0 Å². The highest BCUT2D eigenvalue weighted by atomic mass is 15.1. The minimum atomic E-state index is 0.512. The number of rotatable bonds is 3. The van der Waals surface area contributed by atoms with Crippen molar-refractivity contribution in [2.75, 3.05) is 13.1 Å². The van der Waals surface area contributed by atoms with Crippen LogP contribution in [-0.2, 0) is 0 Å². The van der Waals surface area contributed by atoms with Crippen molar-refractivity contribution in [3.05, 3.63) is 0 Å². The van der Waals surface area contributed by atoms with E-state index in [9.17, 15) is 0 Å². The summed E-state index contributed by atoms with van der Waals surface area (Å²) in [5, 5.41) is 8.75. The molecule has 0 N–H and O–H groups in total. The van der Waals surface area contributed by atoms with Crippen molar-refractivity contribution >= 4 is 0 Å². The Bertz CT molecular complexity index is 175. The Kier molecular flexibility index (Phi) is 5.63.